The lowest BCUT2D eigenvalue weighted by Crippen LogP contribution is -2.25. The van der Waals surface area contributed by atoms with Crippen LogP contribution in [-0.2, 0) is 11.3 Å². The summed E-state index contributed by atoms with van der Waals surface area (Å²) in [6, 6.07) is 8.72. The van der Waals surface area contributed by atoms with Crippen molar-refractivity contribution in [3.63, 3.8) is 0 Å². The molecule has 1 aromatic carbocycles. The molecule has 0 aliphatic carbocycles. The second-order valence-electron chi connectivity index (χ2n) is 5.51. The average Bonchev–Trinajstić information content (AvgIpc) is 2.45. The third kappa shape index (κ3) is 4.84. The molecule has 1 N–H and O–H groups in total. The maximum atomic E-state index is 5.73. The van der Waals surface area contributed by atoms with Crippen molar-refractivity contribution in [2.75, 3.05) is 32.1 Å². The first-order valence-corrected chi connectivity index (χ1v) is 7.34. The van der Waals surface area contributed by atoms with Crippen molar-refractivity contribution < 1.29 is 4.74 Å². The fourth-order valence-corrected chi connectivity index (χ4v) is 2.44. The number of rotatable bonds is 6. The molecule has 0 saturated carbocycles. The Morgan fingerprint density at radius 2 is 2.00 bits per heavy atom. The minimum Gasteiger partial charge on any atom is -0.378 e. The molecule has 0 amide bonds. The van der Waals surface area contributed by atoms with Crippen LogP contribution in [0.5, 0.6) is 0 Å². The standard InChI is InChI=1S/C16H26N2O/c1-18(2)15-8-6-14(7-9-15)13-17-11-10-16-5-3-4-12-19-16/h6-9,16-17H,3-5,10-13H2,1-2H3. The molecule has 1 unspecified atom stereocenters. The van der Waals surface area contributed by atoms with Crippen molar-refractivity contribution in [1.29, 1.82) is 0 Å². The van der Waals surface area contributed by atoms with Crippen LogP contribution < -0.4 is 10.2 Å². The second kappa shape index (κ2) is 7.51. The van der Waals surface area contributed by atoms with E-state index in [1.807, 2.05) is 0 Å². The van der Waals surface area contributed by atoms with Gasteiger partial charge in [-0.05, 0) is 49.9 Å². The zero-order valence-corrected chi connectivity index (χ0v) is 12.2. The van der Waals surface area contributed by atoms with E-state index in [0.29, 0.717) is 6.10 Å². The molecular formula is C16H26N2O. The summed E-state index contributed by atoms with van der Waals surface area (Å²) in [6.45, 7) is 2.94. The summed E-state index contributed by atoms with van der Waals surface area (Å²) in [5.74, 6) is 0. The first kappa shape index (κ1) is 14.4. The Hall–Kier alpha value is -1.06. The molecule has 1 aromatic rings. The van der Waals surface area contributed by atoms with E-state index in [4.69, 9.17) is 4.74 Å². The number of nitrogens with one attached hydrogen (secondary N) is 1. The molecule has 0 spiro atoms. The summed E-state index contributed by atoms with van der Waals surface area (Å²) in [6.07, 6.45) is 5.42. The summed E-state index contributed by atoms with van der Waals surface area (Å²) in [5.41, 5.74) is 2.59. The van der Waals surface area contributed by atoms with Gasteiger partial charge in [0.25, 0.3) is 0 Å². The van der Waals surface area contributed by atoms with E-state index in [0.717, 1.165) is 26.1 Å². The molecule has 1 saturated heterocycles. The van der Waals surface area contributed by atoms with Crippen LogP contribution in [0.15, 0.2) is 24.3 Å². The van der Waals surface area contributed by atoms with Crippen LogP contribution in [0.1, 0.15) is 31.2 Å². The van der Waals surface area contributed by atoms with Gasteiger partial charge >= 0.3 is 0 Å². The summed E-state index contributed by atoms with van der Waals surface area (Å²) in [5, 5.41) is 3.50. The van der Waals surface area contributed by atoms with E-state index in [9.17, 15) is 0 Å². The number of benzene rings is 1. The Balaban J connectivity index is 1.64. The zero-order valence-electron chi connectivity index (χ0n) is 12.2. The monoisotopic (exact) mass is 262 g/mol. The van der Waals surface area contributed by atoms with E-state index in [-0.39, 0.29) is 0 Å². The molecule has 0 bridgehead atoms. The predicted octanol–water partition coefficient (Wildman–Crippen LogP) is 2.80. The van der Waals surface area contributed by atoms with Crippen LogP contribution in [0.4, 0.5) is 5.69 Å². The fourth-order valence-electron chi connectivity index (χ4n) is 2.44. The summed E-state index contributed by atoms with van der Waals surface area (Å²) in [4.78, 5) is 2.12. The lowest BCUT2D eigenvalue weighted by Gasteiger charge is -2.22. The van der Waals surface area contributed by atoms with Crippen LogP contribution in [-0.4, -0.2) is 33.4 Å². The summed E-state index contributed by atoms with van der Waals surface area (Å²) in [7, 11) is 4.13. The SMILES string of the molecule is CN(C)c1ccc(CNCCC2CCCCO2)cc1. The van der Waals surface area contributed by atoms with Gasteiger partial charge in [-0.2, -0.15) is 0 Å². The van der Waals surface area contributed by atoms with Gasteiger partial charge in [0.15, 0.2) is 0 Å². The Kier molecular flexibility index (Phi) is 5.67. The zero-order chi connectivity index (χ0) is 13.5. The Bertz CT molecular complexity index is 356. The largest absolute Gasteiger partial charge is 0.378 e. The third-order valence-corrected chi connectivity index (χ3v) is 3.70. The Morgan fingerprint density at radius 3 is 2.63 bits per heavy atom. The van der Waals surface area contributed by atoms with Gasteiger partial charge in [-0.3, -0.25) is 0 Å². The van der Waals surface area contributed by atoms with E-state index in [1.165, 1.54) is 30.5 Å². The summed E-state index contributed by atoms with van der Waals surface area (Å²) < 4.78 is 5.73. The van der Waals surface area contributed by atoms with Crippen LogP contribution in [0.3, 0.4) is 0 Å². The third-order valence-electron chi connectivity index (χ3n) is 3.70. The van der Waals surface area contributed by atoms with Crippen molar-refractivity contribution in [2.45, 2.75) is 38.3 Å². The fraction of sp³-hybridized carbons (Fsp3) is 0.625. The van der Waals surface area contributed by atoms with Crippen molar-refractivity contribution in [3.8, 4) is 0 Å². The van der Waals surface area contributed by atoms with Gasteiger partial charge in [0.2, 0.25) is 0 Å². The highest BCUT2D eigenvalue weighted by Crippen LogP contribution is 2.15. The first-order valence-electron chi connectivity index (χ1n) is 7.34. The molecule has 1 atom stereocenters. The molecule has 3 heteroatoms. The average molecular weight is 262 g/mol. The van der Waals surface area contributed by atoms with Crippen LogP contribution in [0.2, 0.25) is 0 Å². The van der Waals surface area contributed by atoms with Crippen molar-refractivity contribution in [2.24, 2.45) is 0 Å². The molecule has 0 aromatic heterocycles. The van der Waals surface area contributed by atoms with Crippen LogP contribution in [0.25, 0.3) is 0 Å². The van der Waals surface area contributed by atoms with Gasteiger partial charge in [-0.15, -0.1) is 0 Å². The van der Waals surface area contributed by atoms with Gasteiger partial charge < -0.3 is 15.0 Å². The highest BCUT2D eigenvalue weighted by atomic mass is 16.5. The van der Waals surface area contributed by atoms with E-state index in [1.54, 1.807) is 0 Å². The molecular weight excluding hydrogens is 236 g/mol. The van der Waals surface area contributed by atoms with E-state index < -0.39 is 0 Å². The highest BCUT2D eigenvalue weighted by Gasteiger charge is 2.12. The maximum Gasteiger partial charge on any atom is 0.0587 e. The smallest absolute Gasteiger partial charge is 0.0587 e. The quantitative estimate of drug-likeness (QED) is 0.798. The number of anilines is 1. The lowest BCUT2D eigenvalue weighted by atomic mass is 10.1. The first-order chi connectivity index (χ1) is 9.25. The van der Waals surface area contributed by atoms with Crippen LogP contribution >= 0.6 is 0 Å². The molecule has 1 aliphatic heterocycles. The number of hydrogen-bond acceptors (Lipinski definition) is 3. The highest BCUT2D eigenvalue weighted by molar-refractivity contribution is 5.45. The lowest BCUT2D eigenvalue weighted by molar-refractivity contribution is 0.0115. The summed E-state index contributed by atoms with van der Waals surface area (Å²) >= 11 is 0. The Labute approximate surface area is 116 Å². The molecule has 2 rings (SSSR count). The number of hydrogen-bond donors (Lipinski definition) is 1. The van der Waals surface area contributed by atoms with Gasteiger partial charge in [-0.1, -0.05) is 12.1 Å². The molecule has 1 fully saturated rings. The van der Waals surface area contributed by atoms with Crippen LogP contribution in [0, 0.1) is 0 Å². The number of ether oxygens (including phenoxy) is 1. The topological polar surface area (TPSA) is 24.5 Å². The van der Waals surface area contributed by atoms with Gasteiger partial charge in [0, 0.05) is 32.9 Å². The van der Waals surface area contributed by atoms with E-state index in [2.05, 4.69) is 48.6 Å². The predicted molar refractivity (Wildman–Crippen MR) is 80.7 cm³/mol. The molecule has 1 aliphatic rings. The second-order valence-corrected chi connectivity index (χ2v) is 5.51. The van der Waals surface area contributed by atoms with Crippen molar-refractivity contribution in [3.05, 3.63) is 29.8 Å². The van der Waals surface area contributed by atoms with Crippen molar-refractivity contribution >= 4 is 5.69 Å². The maximum absolute atomic E-state index is 5.73. The van der Waals surface area contributed by atoms with Gasteiger partial charge in [0.05, 0.1) is 6.10 Å². The number of nitrogens with zero attached hydrogens (tertiary/aromatic N) is 1. The normalized spacial score (nSPS) is 19.4. The molecule has 0 radical (unpaired) electrons. The molecule has 106 valence electrons. The van der Waals surface area contributed by atoms with Gasteiger partial charge in [-0.25, -0.2) is 0 Å². The molecule has 19 heavy (non-hydrogen) atoms. The van der Waals surface area contributed by atoms with Gasteiger partial charge in [0.1, 0.15) is 0 Å². The minimum atomic E-state index is 0.484. The Morgan fingerprint density at radius 1 is 1.21 bits per heavy atom. The molecule has 3 nitrogen and oxygen atoms in total. The minimum absolute atomic E-state index is 0.484. The molecule has 1 heterocycles. The van der Waals surface area contributed by atoms with Crippen molar-refractivity contribution in [1.82, 2.24) is 5.32 Å². The van der Waals surface area contributed by atoms with E-state index >= 15 is 0 Å².